The number of pyridine rings is 1. The largest absolute Gasteiger partial charge is 0.316 e. The summed E-state index contributed by atoms with van der Waals surface area (Å²) >= 11 is 1.93. The monoisotopic (exact) mass is 302 g/mol. The lowest BCUT2D eigenvalue weighted by Gasteiger charge is -2.59. The van der Waals surface area contributed by atoms with Crippen molar-refractivity contribution in [2.75, 3.05) is 12.8 Å². The maximum atomic E-state index is 4.47. The van der Waals surface area contributed by atoms with E-state index in [0.29, 0.717) is 11.5 Å². The van der Waals surface area contributed by atoms with Crippen LogP contribution in [-0.2, 0) is 0 Å². The molecule has 5 rings (SSSR count). The van der Waals surface area contributed by atoms with Crippen molar-refractivity contribution in [3.05, 3.63) is 24.4 Å². The number of hydrogen-bond donors (Lipinski definition) is 1. The van der Waals surface area contributed by atoms with Crippen LogP contribution in [-0.4, -0.2) is 23.8 Å². The van der Waals surface area contributed by atoms with Crippen molar-refractivity contribution in [3.63, 3.8) is 0 Å². The van der Waals surface area contributed by atoms with E-state index in [9.17, 15) is 0 Å². The molecule has 4 bridgehead atoms. The van der Waals surface area contributed by atoms with Gasteiger partial charge in [-0.1, -0.05) is 6.07 Å². The average Bonchev–Trinajstić information content (AvgIpc) is 2.47. The van der Waals surface area contributed by atoms with Crippen LogP contribution in [0.15, 0.2) is 29.4 Å². The van der Waals surface area contributed by atoms with Crippen molar-refractivity contribution in [2.45, 2.75) is 49.6 Å². The minimum atomic E-state index is 0.589. The predicted octanol–water partition coefficient (Wildman–Crippen LogP) is 3.98. The lowest BCUT2D eigenvalue weighted by atomic mass is 9.48. The van der Waals surface area contributed by atoms with Gasteiger partial charge in [0.05, 0.1) is 5.03 Å². The smallest absolute Gasteiger partial charge is 0.0960 e. The van der Waals surface area contributed by atoms with E-state index in [0.717, 1.165) is 17.8 Å². The molecule has 4 aliphatic rings. The molecule has 1 aromatic heterocycles. The van der Waals surface area contributed by atoms with Crippen molar-refractivity contribution >= 4 is 11.8 Å². The summed E-state index contributed by atoms with van der Waals surface area (Å²) in [5, 5.41) is 4.85. The molecule has 1 aromatic rings. The van der Waals surface area contributed by atoms with E-state index in [1.54, 1.807) is 0 Å². The summed E-state index contributed by atoms with van der Waals surface area (Å²) in [6, 6.07) is 6.88. The van der Waals surface area contributed by atoms with Crippen LogP contribution in [0.25, 0.3) is 0 Å². The highest BCUT2D eigenvalue weighted by Crippen LogP contribution is 2.61. The summed E-state index contributed by atoms with van der Waals surface area (Å²) in [6.45, 7) is 0. The van der Waals surface area contributed by atoms with E-state index in [1.807, 2.05) is 24.0 Å². The molecule has 4 aliphatic carbocycles. The molecule has 0 radical (unpaired) electrons. The van der Waals surface area contributed by atoms with Gasteiger partial charge in [0.15, 0.2) is 0 Å². The molecule has 4 saturated carbocycles. The van der Waals surface area contributed by atoms with E-state index < -0.39 is 0 Å². The first-order valence-electron chi connectivity index (χ1n) is 8.48. The van der Waals surface area contributed by atoms with Gasteiger partial charge in [-0.05, 0) is 80.9 Å². The summed E-state index contributed by atoms with van der Waals surface area (Å²) in [5.41, 5.74) is 0.589. The fourth-order valence-corrected chi connectivity index (χ4v) is 6.94. The van der Waals surface area contributed by atoms with Crippen LogP contribution in [0.4, 0.5) is 0 Å². The van der Waals surface area contributed by atoms with Gasteiger partial charge < -0.3 is 5.32 Å². The predicted molar refractivity (Wildman–Crippen MR) is 88.4 cm³/mol. The standard InChI is InChI=1S/C18H26N2S/c1-19-16(12-21-17-4-2-3-5-20-17)18-9-13-6-14(10-18)8-15(7-13)11-18/h2-5,13-16,19H,6-12H2,1H3. The third kappa shape index (κ3) is 2.63. The van der Waals surface area contributed by atoms with Crippen molar-refractivity contribution in [2.24, 2.45) is 23.2 Å². The summed E-state index contributed by atoms with van der Waals surface area (Å²) in [7, 11) is 2.17. The zero-order chi connectivity index (χ0) is 14.3. The molecule has 3 heteroatoms. The number of thioether (sulfide) groups is 1. The first-order chi connectivity index (χ1) is 10.3. The number of nitrogens with one attached hydrogen (secondary N) is 1. The summed E-state index contributed by atoms with van der Waals surface area (Å²) in [4.78, 5) is 4.47. The Kier molecular flexibility index (Phi) is 3.74. The maximum absolute atomic E-state index is 4.47. The highest BCUT2D eigenvalue weighted by molar-refractivity contribution is 7.99. The van der Waals surface area contributed by atoms with Gasteiger partial charge in [0.25, 0.3) is 0 Å². The molecule has 1 atom stereocenters. The molecule has 1 heterocycles. The molecule has 0 saturated heterocycles. The van der Waals surface area contributed by atoms with Gasteiger partial charge in [0, 0.05) is 18.0 Å². The Hall–Kier alpha value is -0.540. The third-order valence-corrected chi connectivity index (χ3v) is 7.25. The van der Waals surface area contributed by atoms with Crippen molar-refractivity contribution in [3.8, 4) is 0 Å². The van der Waals surface area contributed by atoms with Crippen LogP contribution in [0, 0.1) is 23.2 Å². The van der Waals surface area contributed by atoms with E-state index in [2.05, 4.69) is 29.5 Å². The van der Waals surface area contributed by atoms with Gasteiger partial charge in [0.1, 0.15) is 0 Å². The van der Waals surface area contributed by atoms with Crippen LogP contribution in [0.2, 0.25) is 0 Å². The molecular weight excluding hydrogens is 276 g/mol. The minimum absolute atomic E-state index is 0.589. The number of nitrogens with zero attached hydrogens (tertiary/aromatic N) is 1. The lowest BCUT2D eigenvalue weighted by Crippen LogP contribution is -2.56. The topological polar surface area (TPSA) is 24.9 Å². The first-order valence-corrected chi connectivity index (χ1v) is 9.47. The Morgan fingerprint density at radius 1 is 1.19 bits per heavy atom. The molecule has 2 nitrogen and oxygen atoms in total. The first kappa shape index (κ1) is 14.1. The van der Waals surface area contributed by atoms with E-state index in [1.165, 1.54) is 49.3 Å². The van der Waals surface area contributed by atoms with Crippen molar-refractivity contribution < 1.29 is 0 Å². The van der Waals surface area contributed by atoms with Gasteiger partial charge in [-0.15, -0.1) is 11.8 Å². The summed E-state index contributed by atoms with van der Waals surface area (Å²) < 4.78 is 0. The van der Waals surface area contributed by atoms with Crippen LogP contribution in [0.1, 0.15) is 38.5 Å². The van der Waals surface area contributed by atoms with Gasteiger partial charge in [-0.3, -0.25) is 0 Å². The van der Waals surface area contributed by atoms with E-state index >= 15 is 0 Å². The van der Waals surface area contributed by atoms with Crippen LogP contribution in [0.3, 0.4) is 0 Å². The normalized spacial score (nSPS) is 38.6. The minimum Gasteiger partial charge on any atom is -0.316 e. The zero-order valence-corrected chi connectivity index (χ0v) is 13.7. The van der Waals surface area contributed by atoms with Gasteiger partial charge >= 0.3 is 0 Å². The molecule has 4 fully saturated rings. The molecule has 114 valence electrons. The van der Waals surface area contributed by atoms with Gasteiger partial charge in [-0.2, -0.15) is 0 Å². The Bertz CT molecular complexity index is 452. The highest BCUT2D eigenvalue weighted by Gasteiger charge is 2.53. The quantitative estimate of drug-likeness (QED) is 0.833. The number of hydrogen-bond acceptors (Lipinski definition) is 3. The second-order valence-electron chi connectivity index (χ2n) is 7.60. The second-order valence-corrected chi connectivity index (χ2v) is 8.64. The second kappa shape index (κ2) is 5.58. The summed E-state index contributed by atoms with van der Waals surface area (Å²) in [6.07, 6.45) is 10.9. The molecule has 0 spiro atoms. The van der Waals surface area contributed by atoms with Gasteiger partial charge in [0.2, 0.25) is 0 Å². The zero-order valence-electron chi connectivity index (χ0n) is 12.9. The number of rotatable bonds is 5. The molecule has 0 aliphatic heterocycles. The van der Waals surface area contributed by atoms with Crippen LogP contribution >= 0.6 is 11.8 Å². The van der Waals surface area contributed by atoms with E-state index in [-0.39, 0.29) is 0 Å². The fourth-order valence-electron chi connectivity index (χ4n) is 5.77. The molecule has 1 N–H and O–H groups in total. The Labute approximate surface area is 132 Å². The number of aromatic nitrogens is 1. The molecule has 0 aromatic carbocycles. The SMILES string of the molecule is CNC(CSc1ccccn1)C12CC3CC(CC(C3)C1)C2. The van der Waals surface area contributed by atoms with Crippen molar-refractivity contribution in [1.29, 1.82) is 0 Å². The van der Waals surface area contributed by atoms with Crippen LogP contribution in [0.5, 0.6) is 0 Å². The maximum Gasteiger partial charge on any atom is 0.0960 e. The van der Waals surface area contributed by atoms with Crippen molar-refractivity contribution in [1.82, 2.24) is 10.3 Å². The molecular formula is C18H26N2S. The lowest BCUT2D eigenvalue weighted by molar-refractivity contribution is -0.0682. The third-order valence-electron chi connectivity index (χ3n) is 6.21. The molecule has 0 amide bonds. The highest BCUT2D eigenvalue weighted by atomic mass is 32.2. The Morgan fingerprint density at radius 3 is 2.38 bits per heavy atom. The van der Waals surface area contributed by atoms with E-state index in [4.69, 9.17) is 0 Å². The molecule has 21 heavy (non-hydrogen) atoms. The average molecular weight is 302 g/mol. The fraction of sp³-hybridized carbons (Fsp3) is 0.722. The van der Waals surface area contributed by atoms with Gasteiger partial charge in [-0.25, -0.2) is 4.98 Å². The molecule has 1 unspecified atom stereocenters. The van der Waals surface area contributed by atoms with Crippen LogP contribution < -0.4 is 5.32 Å². The Balaban J connectivity index is 1.48. The summed E-state index contributed by atoms with van der Waals surface area (Å²) in [5.74, 6) is 4.27. The Morgan fingerprint density at radius 2 is 1.86 bits per heavy atom.